The number of nitrogens with zero attached hydrogens (tertiary/aromatic N) is 2. The highest BCUT2D eigenvalue weighted by Gasteiger charge is 2.22. The molecule has 1 aromatic carbocycles. The van der Waals surface area contributed by atoms with Gasteiger partial charge in [-0.1, -0.05) is 24.9 Å². The number of carbonyl (C=O) groups is 2. The van der Waals surface area contributed by atoms with Crippen LogP contribution in [-0.4, -0.2) is 32.8 Å². The molecule has 122 valence electrons. The van der Waals surface area contributed by atoms with Crippen LogP contribution in [0.25, 0.3) is 5.69 Å². The van der Waals surface area contributed by atoms with Crippen molar-refractivity contribution in [3.05, 3.63) is 46.7 Å². The first kappa shape index (κ1) is 17.0. The summed E-state index contributed by atoms with van der Waals surface area (Å²) in [5.74, 6) is -1.48. The van der Waals surface area contributed by atoms with Crippen molar-refractivity contribution in [2.75, 3.05) is 0 Å². The van der Waals surface area contributed by atoms with Gasteiger partial charge in [0, 0.05) is 11.2 Å². The largest absolute Gasteiger partial charge is 0.480 e. The lowest BCUT2D eigenvalue weighted by molar-refractivity contribution is -0.139. The fraction of sp³-hybridized carbons (Fsp3) is 0.312. The van der Waals surface area contributed by atoms with E-state index in [-0.39, 0.29) is 0 Å². The molecule has 0 aliphatic carbocycles. The van der Waals surface area contributed by atoms with Crippen molar-refractivity contribution < 1.29 is 14.7 Å². The van der Waals surface area contributed by atoms with Crippen LogP contribution in [0.15, 0.2) is 30.5 Å². The normalized spacial score (nSPS) is 12.0. The number of halogens is 1. The van der Waals surface area contributed by atoms with Gasteiger partial charge in [0.25, 0.3) is 5.91 Å². The van der Waals surface area contributed by atoms with E-state index in [2.05, 4.69) is 10.4 Å². The van der Waals surface area contributed by atoms with Crippen molar-refractivity contribution in [1.82, 2.24) is 15.1 Å². The van der Waals surface area contributed by atoms with Crippen LogP contribution in [0.5, 0.6) is 0 Å². The number of carboxylic acids is 1. The van der Waals surface area contributed by atoms with Gasteiger partial charge in [-0.3, -0.25) is 4.79 Å². The van der Waals surface area contributed by atoms with E-state index in [1.54, 1.807) is 42.1 Å². The molecule has 0 aliphatic rings. The molecule has 2 N–H and O–H groups in total. The molecule has 0 aliphatic heterocycles. The zero-order chi connectivity index (χ0) is 17.0. The summed E-state index contributed by atoms with van der Waals surface area (Å²) in [5, 5.41) is 16.6. The van der Waals surface area contributed by atoms with Gasteiger partial charge in [0.1, 0.15) is 6.04 Å². The van der Waals surface area contributed by atoms with Crippen LogP contribution in [-0.2, 0) is 4.79 Å². The number of aliphatic carboxylic acids is 1. The minimum Gasteiger partial charge on any atom is -0.480 e. The molecule has 1 atom stereocenters. The molecular weight excluding hydrogens is 318 g/mol. The minimum atomic E-state index is -1.04. The molecular formula is C16H18ClN3O3. The molecule has 23 heavy (non-hydrogen) atoms. The van der Waals surface area contributed by atoms with Crippen LogP contribution in [0.2, 0.25) is 5.02 Å². The highest BCUT2D eigenvalue weighted by molar-refractivity contribution is 6.30. The van der Waals surface area contributed by atoms with Gasteiger partial charge in [0.05, 0.1) is 16.9 Å². The van der Waals surface area contributed by atoms with Crippen molar-refractivity contribution in [1.29, 1.82) is 0 Å². The molecule has 1 aromatic heterocycles. The predicted octanol–water partition coefficient (Wildman–Crippen LogP) is 2.82. The Bertz CT molecular complexity index is 710. The summed E-state index contributed by atoms with van der Waals surface area (Å²) in [6.45, 7) is 3.57. The van der Waals surface area contributed by atoms with E-state index in [0.717, 1.165) is 5.69 Å². The van der Waals surface area contributed by atoms with E-state index in [1.165, 1.54) is 0 Å². The number of hydrogen-bond acceptors (Lipinski definition) is 3. The van der Waals surface area contributed by atoms with E-state index in [9.17, 15) is 9.59 Å². The molecule has 7 heteroatoms. The van der Waals surface area contributed by atoms with Gasteiger partial charge >= 0.3 is 5.97 Å². The number of nitrogens with one attached hydrogen (secondary N) is 1. The topological polar surface area (TPSA) is 84.2 Å². The zero-order valence-electron chi connectivity index (χ0n) is 12.9. The molecule has 0 saturated heterocycles. The van der Waals surface area contributed by atoms with Crippen molar-refractivity contribution in [2.45, 2.75) is 32.7 Å². The summed E-state index contributed by atoms with van der Waals surface area (Å²) in [4.78, 5) is 23.5. The predicted molar refractivity (Wildman–Crippen MR) is 87.1 cm³/mol. The average molecular weight is 336 g/mol. The Balaban J connectivity index is 2.21. The lowest BCUT2D eigenvalue weighted by Gasteiger charge is -2.12. The van der Waals surface area contributed by atoms with Crippen molar-refractivity contribution >= 4 is 23.5 Å². The van der Waals surface area contributed by atoms with Crippen LogP contribution in [0.4, 0.5) is 0 Å². The molecule has 1 heterocycles. The lowest BCUT2D eigenvalue weighted by Crippen LogP contribution is -2.40. The van der Waals surface area contributed by atoms with E-state index >= 15 is 0 Å². The number of aromatic nitrogens is 2. The first-order chi connectivity index (χ1) is 10.9. The Labute approximate surface area is 139 Å². The molecule has 0 bridgehead atoms. The third-order valence-corrected chi connectivity index (χ3v) is 3.67. The second-order valence-corrected chi connectivity index (χ2v) is 5.64. The maximum Gasteiger partial charge on any atom is 0.326 e. The summed E-state index contributed by atoms with van der Waals surface area (Å²) < 4.78 is 1.57. The third-order valence-electron chi connectivity index (χ3n) is 3.42. The first-order valence-electron chi connectivity index (χ1n) is 7.28. The molecule has 0 spiro atoms. The van der Waals surface area contributed by atoms with Crippen LogP contribution in [0, 0.1) is 6.92 Å². The van der Waals surface area contributed by atoms with Crippen molar-refractivity contribution in [2.24, 2.45) is 0 Å². The molecule has 0 saturated carbocycles. The van der Waals surface area contributed by atoms with Gasteiger partial charge in [-0.2, -0.15) is 5.10 Å². The number of benzene rings is 1. The van der Waals surface area contributed by atoms with E-state index < -0.39 is 17.9 Å². The van der Waals surface area contributed by atoms with Gasteiger partial charge in [-0.25, -0.2) is 9.48 Å². The van der Waals surface area contributed by atoms with Crippen LogP contribution in [0.3, 0.4) is 0 Å². The molecule has 0 radical (unpaired) electrons. The second kappa shape index (κ2) is 7.28. The number of carboxylic acid groups (broad SMARTS) is 1. The Morgan fingerprint density at radius 3 is 2.57 bits per heavy atom. The number of amides is 1. The highest BCUT2D eigenvalue weighted by Crippen LogP contribution is 2.15. The summed E-state index contributed by atoms with van der Waals surface area (Å²) >= 11 is 5.85. The highest BCUT2D eigenvalue weighted by atomic mass is 35.5. The average Bonchev–Trinajstić information content (AvgIpc) is 2.89. The van der Waals surface area contributed by atoms with E-state index in [4.69, 9.17) is 16.7 Å². The zero-order valence-corrected chi connectivity index (χ0v) is 13.7. The van der Waals surface area contributed by atoms with Gasteiger partial charge < -0.3 is 10.4 Å². The fourth-order valence-corrected chi connectivity index (χ4v) is 2.32. The first-order valence-corrected chi connectivity index (χ1v) is 7.66. The molecule has 1 unspecified atom stereocenters. The van der Waals surface area contributed by atoms with Gasteiger partial charge in [-0.15, -0.1) is 0 Å². The Morgan fingerprint density at radius 2 is 2.00 bits per heavy atom. The van der Waals surface area contributed by atoms with Crippen LogP contribution >= 0.6 is 11.6 Å². The Morgan fingerprint density at radius 1 is 1.35 bits per heavy atom. The van der Waals surface area contributed by atoms with E-state index in [0.29, 0.717) is 29.1 Å². The van der Waals surface area contributed by atoms with Crippen LogP contribution in [0.1, 0.15) is 35.8 Å². The number of hydrogen-bond donors (Lipinski definition) is 2. The summed E-state index contributed by atoms with van der Waals surface area (Å²) in [6, 6.07) is 6.14. The molecule has 6 nitrogen and oxygen atoms in total. The number of carbonyl (C=O) groups excluding carboxylic acids is 1. The summed E-state index contributed by atoms with van der Waals surface area (Å²) in [6.07, 6.45) is 2.63. The summed E-state index contributed by atoms with van der Waals surface area (Å²) in [7, 11) is 0. The standard InChI is InChI=1S/C16H18ClN3O3/c1-3-4-14(16(22)23)18-15(21)13-9-20(19-10(13)2)12-7-5-11(17)6-8-12/h5-9,14H,3-4H2,1-2H3,(H,18,21)(H,22,23). The lowest BCUT2D eigenvalue weighted by atomic mass is 10.1. The van der Waals surface area contributed by atoms with Crippen molar-refractivity contribution in [3.8, 4) is 5.69 Å². The molecule has 0 fully saturated rings. The summed E-state index contributed by atoms with van der Waals surface area (Å²) in [5.41, 5.74) is 1.64. The number of rotatable bonds is 6. The van der Waals surface area contributed by atoms with Crippen LogP contribution < -0.4 is 5.32 Å². The minimum absolute atomic E-state index is 0.349. The smallest absolute Gasteiger partial charge is 0.326 e. The second-order valence-electron chi connectivity index (χ2n) is 5.20. The van der Waals surface area contributed by atoms with Gasteiger partial charge in [0.15, 0.2) is 0 Å². The van der Waals surface area contributed by atoms with Crippen molar-refractivity contribution in [3.63, 3.8) is 0 Å². The van der Waals surface area contributed by atoms with Gasteiger partial charge in [0.2, 0.25) is 0 Å². The van der Waals surface area contributed by atoms with Gasteiger partial charge in [-0.05, 0) is 37.6 Å². The fourth-order valence-electron chi connectivity index (χ4n) is 2.19. The Hall–Kier alpha value is -2.34. The monoisotopic (exact) mass is 335 g/mol. The molecule has 1 amide bonds. The number of aryl methyl sites for hydroxylation is 1. The quantitative estimate of drug-likeness (QED) is 0.850. The Kier molecular flexibility index (Phi) is 5.39. The maximum absolute atomic E-state index is 12.3. The van der Waals surface area contributed by atoms with E-state index in [1.807, 2.05) is 6.92 Å². The molecule has 2 aromatic rings. The molecule has 2 rings (SSSR count). The SMILES string of the molecule is CCCC(NC(=O)c1cn(-c2ccc(Cl)cc2)nc1C)C(=O)O. The maximum atomic E-state index is 12.3. The third kappa shape index (κ3) is 4.10.